The molecule has 0 unspecified atom stereocenters. The molecule has 1 aromatic heterocycles. The number of hydrogen-bond donors (Lipinski definition) is 1. The molecular formula is C14H24BrN3S. The zero-order valence-electron chi connectivity index (χ0n) is 12.1. The van der Waals surface area contributed by atoms with Crippen LogP contribution in [0.25, 0.3) is 0 Å². The number of nitrogens with zero attached hydrogens (tertiary/aromatic N) is 2. The molecule has 19 heavy (non-hydrogen) atoms. The van der Waals surface area contributed by atoms with Gasteiger partial charge in [0.05, 0.1) is 15.9 Å². The Kier molecular flexibility index (Phi) is 5.37. The summed E-state index contributed by atoms with van der Waals surface area (Å²) in [6.45, 7) is 7.13. The van der Waals surface area contributed by atoms with Gasteiger partial charge in [0.25, 0.3) is 0 Å². The van der Waals surface area contributed by atoms with E-state index in [9.17, 15) is 0 Å². The fourth-order valence-corrected chi connectivity index (χ4v) is 4.29. The molecule has 0 saturated heterocycles. The third-order valence-corrected chi connectivity index (χ3v) is 6.59. The quantitative estimate of drug-likeness (QED) is 0.851. The third-order valence-electron chi connectivity index (χ3n) is 4.14. The van der Waals surface area contributed by atoms with Crippen LogP contribution in [0, 0.1) is 6.92 Å². The normalized spacial score (nSPS) is 18.1. The Morgan fingerprint density at radius 3 is 2.68 bits per heavy atom. The molecule has 2 rings (SSSR count). The van der Waals surface area contributed by atoms with Gasteiger partial charge in [0.1, 0.15) is 0 Å². The first kappa shape index (κ1) is 15.4. The molecule has 0 amide bonds. The van der Waals surface area contributed by atoms with Gasteiger partial charge >= 0.3 is 0 Å². The van der Waals surface area contributed by atoms with Crippen LogP contribution in [0.4, 0.5) is 0 Å². The summed E-state index contributed by atoms with van der Waals surface area (Å²) < 4.78 is 3.72. The molecule has 108 valence electrons. The van der Waals surface area contributed by atoms with Crippen LogP contribution in [0.1, 0.15) is 44.0 Å². The Balaban J connectivity index is 1.95. The Hall–Kier alpha value is -0.0000000000000000555. The number of thioether (sulfide) groups is 1. The SMILES string of the molecule is CCn1nc(C)c(Br)c1CNCC1(SC)CCCC1. The second-order valence-electron chi connectivity index (χ2n) is 5.36. The minimum absolute atomic E-state index is 0.471. The van der Waals surface area contributed by atoms with Crippen molar-refractivity contribution in [2.24, 2.45) is 0 Å². The van der Waals surface area contributed by atoms with E-state index in [-0.39, 0.29) is 0 Å². The lowest BCUT2D eigenvalue weighted by Gasteiger charge is -2.27. The van der Waals surface area contributed by atoms with E-state index in [2.05, 4.69) is 51.1 Å². The lowest BCUT2D eigenvalue weighted by atomic mass is 10.1. The molecule has 0 radical (unpaired) electrons. The van der Waals surface area contributed by atoms with Crippen molar-refractivity contribution >= 4 is 27.7 Å². The van der Waals surface area contributed by atoms with Crippen molar-refractivity contribution in [2.75, 3.05) is 12.8 Å². The summed E-state index contributed by atoms with van der Waals surface area (Å²) in [5, 5.41) is 8.19. The van der Waals surface area contributed by atoms with Gasteiger partial charge in [-0.15, -0.1) is 0 Å². The van der Waals surface area contributed by atoms with Crippen LogP contribution in [-0.4, -0.2) is 27.3 Å². The van der Waals surface area contributed by atoms with E-state index in [0.29, 0.717) is 4.75 Å². The average Bonchev–Trinajstić information content (AvgIpc) is 2.99. The zero-order valence-corrected chi connectivity index (χ0v) is 14.5. The smallest absolute Gasteiger partial charge is 0.0739 e. The fraction of sp³-hybridized carbons (Fsp3) is 0.786. The highest BCUT2D eigenvalue weighted by molar-refractivity contribution is 9.10. The molecule has 1 aliphatic carbocycles. The minimum atomic E-state index is 0.471. The molecule has 5 heteroatoms. The molecule has 3 nitrogen and oxygen atoms in total. The first-order valence-electron chi connectivity index (χ1n) is 7.09. The largest absolute Gasteiger partial charge is 0.310 e. The van der Waals surface area contributed by atoms with Crippen molar-refractivity contribution in [3.05, 3.63) is 15.9 Å². The van der Waals surface area contributed by atoms with E-state index in [1.165, 1.54) is 31.4 Å². The van der Waals surface area contributed by atoms with E-state index < -0.39 is 0 Å². The molecule has 1 fully saturated rings. The highest BCUT2D eigenvalue weighted by Crippen LogP contribution is 2.39. The Labute approximate surface area is 129 Å². The molecule has 1 aliphatic rings. The van der Waals surface area contributed by atoms with Crippen molar-refractivity contribution in [3.63, 3.8) is 0 Å². The maximum Gasteiger partial charge on any atom is 0.0739 e. The number of aryl methyl sites for hydroxylation is 2. The summed E-state index contributed by atoms with van der Waals surface area (Å²) in [4.78, 5) is 0. The molecule has 0 aliphatic heterocycles. The molecule has 1 saturated carbocycles. The number of hydrogen-bond acceptors (Lipinski definition) is 3. The summed E-state index contributed by atoms with van der Waals surface area (Å²) in [5.74, 6) is 0. The minimum Gasteiger partial charge on any atom is -0.310 e. The molecule has 0 spiro atoms. The summed E-state index contributed by atoms with van der Waals surface area (Å²) in [5.41, 5.74) is 2.35. The first-order chi connectivity index (χ1) is 9.12. The van der Waals surface area contributed by atoms with Gasteiger partial charge in [-0.3, -0.25) is 4.68 Å². The Morgan fingerprint density at radius 2 is 2.11 bits per heavy atom. The van der Waals surface area contributed by atoms with Crippen LogP contribution in [0.3, 0.4) is 0 Å². The Bertz CT molecular complexity index is 425. The van der Waals surface area contributed by atoms with Crippen molar-refractivity contribution in [3.8, 4) is 0 Å². The van der Waals surface area contributed by atoms with E-state index >= 15 is 0 Å². The molecule has 1 aromatic rings. The maximum absolute atomic E-state index is 4.54. The molecule has 1 heterocycles. The second kappa shape index (κ2) is 6.64. The van der Waals surface area contributed by atoms with E-state index in [1.807, 2.05) is 11.8 Å². The van der Waals surface area contributed by atoms with E-state index in [0.717, 1.165) is 29.8 Å². The fourth-order valence-electron chi connectivity index (χ4n) is 2.92. The third kappa shape index (κ3) is 3.37. The lowest BCUT2D eigenvalue weighted by Crippen LogP contribution is -2.35. The number of halogens is 1. The molecule has 0 bridgehead atoms. The van der Waals surface area contributed by atoms with E-state index in [4.69, 9.17) is 0 Å². The van der Waals surface area contributed by atoms with Crippen LogP contribution in [0.2, 0.25) is 0 Å². The highest BCUT2D eigenvalue weighted by atomic mass is 79.9. The van der Waals surface area contributed by atoms with Crippen molar-refractivity contribution in [1.82, 2.24) is 15.1 Å². The van der Waals surface area contributed by atoms with Gasteiger partial charge in [0.15, 0.2) is 0 Å². The van der Waals surface area contributed by atoms with Crippen molar-refractivity contribution in [2.45, 2.75) is 57.4 Å². The van der Waals surface area contributed by atoms with Crippen molar-refractivity contribution in [1.29, 1.82) is 0 Å². The zero-order chi connectivity index (χ0) is 13.9. The summed E-state index contributed by atoms with van der Waals surface area (Å²) in [6.07, 6.45) is 7.74. The second-order valence-corrected chi connectivity index (χ2v) is 7.43. The summed E-state index contributed by atoms with van der Waals surface area (Å²) in [6, 6.07) is 0. The number of aromatic nitrogens is 2. The van der Waals surface area contributed by atoms with Gasteiger partial charge in [0.2, 0.25) is 0 Å². The van der Waals surface area contributed by atoms with Gasteiger partial charge < -0.3 is 5.32 Å². The van der Waals surface area contributed by atoms with Gasteiger partial charge in [-0.2, -0.15) is 16.9 Å². The van der Waals surface area contributed by atoms with Crippen molar-refractivity contribution < 1.29 is 0 Å². The summed E-state index contributed by atoms with van der Waals surface area (Å²) in [7, 11) is 0. The lowest BCUT2D eigenvalue weighted by molar-refractivity contribution is 0.513. The first-order valence-corrected chi connectivity index (χ1v) is 9.11. The van der Waals surface area contributed by atoms with Crippen LogP contribution < -0.4 is 5.32 Å². The van der Waals surface area contributed by atoms with Crippen LogP contribution in [0.15, 0.2) is 4.47 Å². The monoisotopic (exact) mass is 345 g/mol. The number of rotatable bonds is 6. The highest BCUT2D eigenvalue weighted by Gasteiger charge is 2.32. The Morgan fingerprint density at radius 1 is 1.42 bits per heavy atom. The number of nitrogens with one attached hydrogen (secondary N) is 1. The topological polar surface area (TPSA) is 29.9 Å². The standard InChI is InChI=1S/C14H24BrN3S/c1-4-18-12(13(15)11(2)17-18)9-16-10-14(19-3)7-5-6-8-14/h16H,4-10H2,1-3H3. The van der Waals surface area contributed by atoms with Gasteiger partial charge in [-0.25, -0.2) is 0 Å². The van der Waals surface area contributed by atoms with E-state index in [1.54, 1.807) is 0 Å². The molecule has 0 atom stereocenters. The summed E-state index contributed by atoms with van der Waals surface area (Å²) >= 11 is 5.70. The average molecular weight is 346 g/mol. The van der Waals surface area contributed by atoms with Gasteiger partial charge in [0, 0.05) is 24.4 Å². The van der Waals surface area contributed by atoms with Crippen LogP contribution in [-0.2, 0) is 13.1 Å². The molecule has 0 aromatic carbocycles. The van der Waals surface area contributed by atoms with Gasteiger partial charge in [-0.1, -0.05) is 12.8 Å². The van der Waals surface area contributed by atoms with Crippen LogP contribution in [0.5, 0.6) is 0 Å². The van der Waals surface area contributed by atoms with Crippen LogP contribution >= 0.6 is 27.7 Å². The predicted molar refractivity (Wildman–Crippen MR) is 86.8 cm³/mol. The predicted octanol–water partition coefficient (Wildman–Crippen LogP) is 3.74. The molecule has 1 N–H and O–H groups in total. The maximum atomic E-state index is 4.54. The van der Waals surface area contributed by atoms with Gasteiger partial charge in [-0.05, 0) is 48.9 Å². The molecular weight excluding hydrogens is 322 g/mol.